The number of benzene rings is 1. The van der Waals surface area contributed by atoms with Crippen LogP contribution in [-0.2, 0) is 4.74 Å². The fourth-order valence-electron chi connectivity index (χ4n) is 2.60. The quantitative estimate of drug-likeness (QED) is 0.809. The van der Waals surface area contributed by atoms with E-state index in [9.17, 15) is 8.78 Å². The van der Waals surface area contributed by atoms with E-state index in [0.717, 1.165) is 12.8 Å². The van der Waals surface area contributed by atoms with Gasteiger partial charge in [0.05, 0.1) is 7.11 Å². The first kappa shape index (κ1) is 14.3. The van der Waals surface area contributed by atoms with Crippen molar-refractivity contribution in [2.45, 2.75) is 31.6 Å². The van der Waals surface area contributed by atoms with Gasteiger partial charge in [0.25, 0.3) is 0 Å². The van der Waals surface area contributed by atoms with Crippen LogP contribution in [0.3, 0.4) is 0 Å². The van der Waals surface area contributed by atoms with Crippen LogP contribution in [0.5, 0.6) is 5.75 Å². The van der Waals surface area contributed by atoms with E-state index in [0.29, 0.717) is 36.9 Å². The van der Waals surface area contributed by atoms with Crippen LogP contribution < -0.4 is 4.74 Å². The summed E-state index contributed by atoms with van der Waals surface area (Å²) in [5, 5.41) is 0. The minimum Gasteiger partial charge on any atom is -0.497 e. The lowest BCUT2D eigenvalue weighted by Crippen LogP contribution is -2.21. The maximum absolute atomic E-state index is 13.3. The highest BCUT2D eigenvalue weighted by atomic mass is 19.3. The first-order valence-electron chi connectivity index (χ1n) is 6.70. The molecule has 0 spiro atoms. The molecule has 1 heterocycles. The Kier molecular flexibility index (Phi) is 5.14. The van der Waals surface area contributed by atoms with Crippen molar-refractivity contribution in [3.63, 3.8) is 0 Å². The van der Waals surface area contributed by atoms with E-state index in [-0.39, 0.29) is 0 Å². The summed E-state index contributed by atoms with van der Waals surface area (Å²) >= 11 is 0. The highest BCUT2D eigenvalue weighted by molar-refractivity contribution is 5.31. The summed E-state index contributed by atoms with van der Waals surface area (Å²) in [7, 11) is 1.55. The standard InChI is InChI=1S/C15H20F2O2/c1-18-13-4-2-3-12(10-13)14(15(16)17)9-11-5-7-19-8-6-11/h2-4,10-11,14-15H,5-9H2,1H3. The summed E-state index contributed by atoms with van der Waals surface area (Å²) < 4.78 is 37.0. The van der Waals surface area contributed by atoms with Crippen LogP contribution in [0.15, 0.2) is 24.3 Å². The summed E-state index contributed by atoms with van der Waals surface area (Å²) in [5.41, 5.74) is 0.667. The fraction of sp³-hybridized carbons (Fsp3) is 0.600. The number of hydrogen-bond acceptors (Lipinski definition) is 2. The molecular weight excluding hydrogens is 250 g/mol. The number of halogens is 2. The van der Waals surface area contributed by atoms with Crippen LogP contribution in [0, 0.1) is 5.92 Å². The van der Waals surface area contributed by atoms with Gasteiger partial charge in [-0.2, -0.15) is 0 Å². The van der Waals surface area contributed by atoms with E-state index in [4.69, 9.17) is 9.47 Å². The first-order valence-corrected chi connectivity index (χ1v) is 6.70. The molecule has 1 saturated heterocycles. The van der Waals surface area contributed by atoms with Gasteiger partial charge in [-0.3, -0.25) is 0 Å². The topological polar surface area (TPSA) is 18.5 Å². The molecule has 2 nitrogen and oxygen atoms in total. The predicted molar refractivity (Wildman–Crippen MR) is 69.9 cm³/mol. The Balaban J connectivity index is 2.09. The third-order valence-corrected chi connectivity index (χ3v) is 3.75. The Morgan fingerprint density at radius 3 is 2.68 bits per heavy atom. The molecule has 0 aliphatic carbocycles. The summed E-state index contributed by atoms with van der Waals surface area (Å²) in [4.78, 5) is 0. The van der Waals surface area contributed by atoms with Crippen LogP contribution in [0.4, 0.5) is 8.78 Å². The van der Waals surface area contributed by atoms with Gasteiger partial charge in [-0.05, 0) is 42.9 Å². The van der Waals surface area contributed by atoms with E-state index >= 15 is 0 Å². The van der Waals surface area contributed by atoms with Crippen molar-refractivity contribution >= 4 is 0 Å². The fourth-order valence-corrected chi connectivity index (χ4v) is 2.60. The van der Waals surface area contributed by atoms with Gasteiger partial charge in [-0.25, -0.2) is 8.78 Å². The maximum atomic E-state index is 13.3. The number of alkyl halides is 2. The third kappa shape index (κ3) is 3.90. The van der Waals surface area contributed by atoms with Gasteiger partial charge >= 0.3 is 0 Å². The van der Waals surface area contributed by atoms with Gasteiger partial charge in [-0.15, -0.1) is 0 Å². The first-order chi connectivity index (χ1) is 9.20. The lowest BCUT2D eigenvalue weighted by molar-refractivity contribution is 0.0454. The van der Waals surface area contributed by atoms with Crippen molar-refractivity contribution < 1.29 is 18.3 Å². The zero-order chi connectivity index (χ0) is 13.7. The minimum atomic E-state index is -2.34. The largest absolute Gasteiger partial charge is 0.497 e. The highest BCUT2D eigenvalue weighted by Gasteiger charge is 2.27. The maximum Gasteiger partial charge on any atom is 0.245 e. The highest BCUT2D eigenvalue weighted by Crippen LogP contribution is 2.34. The summed E-state index contributed by atoms with van der Waals surface area (Å²) in [6, 6.07) is 7.03. The van der Waals surface area contributed by atoms with Crippen LogP contribution in [0.1, 0.15) is 30.7 Å². The van der Waals surface area contributed by atoms with Crippen LogP contribution in [-0.4, -0.2) is 26.7 Å². The van der Waals surface area contributed by atoms with Crippen molar-refractivity contribution in [2.24, 2.45) is 5.92 Å². The SMILES string of the molecule is COc1cccc(C(CC2CCOCC2)C(F)F)c1. The molecule has 1 aliphatic heterocycles. The molecule has 1 aromatic carbocycles. The van der Waals surface area contributed by atoms with Crippen molar-refractivity contribution in [1.29, 1.82) is 0 Å². The molecule has 0 N–H and O–H groups in total. The number of rotatable bonds is 5. The molecule has 0 bridgehead atoms. The Morgan fingerprint density at radius 1 is 1.32 bits per heavy atom. The second kappa shape index (κ2) is 6.85. The zero-order valence-electron chi connectivity index (χ0n) is 11.1. The smallest absolute Gasteiger partial charge is 0.245 e. The van der Waals surface area contributed by atoms with Crippen LogP contribution in [0.25, 0.3) is 0 Å². The van der Waals surface area contributed by atoms with E-state index in [1.165, 1.54) is 0 Å². The molecule has 1 atom stereocenters. The lowest BCUT2D eigenvalue weighted by Gasteiger charge is -2.26. The van der Waals surface area contributed by atoms with E-state index in [2.05, 4.69) is 0 Å². The molecule has 1 unspecified atom stereocenters. The molecule has 1 fully saturated rings. The third-order valence-electron chi connectivity index (χ3n) is 3.75. The second-order valence-electron chi connectivity index (χ2n) is 5.01. The van der Waals surface area contributed by atoms with Gasteiger partial charge in [0.15, 0.2) is 0 Å². The summed E-state index contributed by atoms with van der Waals surface area (Å²) in [6.45, 7) is 1.39. The molecule has 106 valence electrons. The van der Waals surface area contributed by atoms with Crippen LogP contribution in [0.2, 0.25) is 0 Å². The molecule has 4 heteroatoms. The second-order valence-corrected chi connectivity index (χ2v) is 5.01. The summed E-state index contributed by atoms with van der Waals surface area (Å²) in [5.74, 6) is 0.257. The molecule has 0 amide bonds. The molecular formula is C15H20F2O2. The number of ether oxygens (including phenoxy) is 2. The Bertz CT molecular complexity index is 389. The van der Waals surface area contributed by atoms with E-state index in [1.54, 1.807) is 31.4 Å². The molecule has 0 saturated carbocycles. The van der Waals surface area contributed by atoms with Crippen molar-refractivity contribution in [2.75, 3.05) is 20.3 Å². The normalized spacial score (nSPS) is 18.5. The monoisotopic (exact) mass is 270 g/mol. The Morgan fingerprint density at radius 2 is 2.05 bits per heavy atom. The molecule has 1 aromatic rings. The molecule has 19 heavy (non-hydrogen) atoms. The van der Waals surface area contributed by atoms with Gasteiger partial charge in [0.1, 0.15) is 5.75 Å². The van der Waals surface area contributed by atoms with E-state index < -0.39 is 12.3 Å². The average molecular weight is 270 g/mol. The minimum absolute atomic E-state index is 0.332. The van der Waals surface area contributed by atoms with Gasteiger partial charge < -0.3 is 9.47 Å². The number of methoxy groups -OCH3 is 1. The van der Waals surface area contributed by atoms with Crippen molar-refractivity contribution in [1.82, 2.24) is 0 Å². The van der Waals surface area contributed by atoms with Crippen molar-refractivity contribution in [3.8, 4) is 5.75 Å². The molecule has 0 radical (unpaired) electrons. The summed E-state index contributed by atoms with van der Waals surface area (Å²) in [6.07, 6.45) is -0.0517. The molecule has 1 aliphatic rings. The molecule has 0 aromatic heterocycles. The van der Waals surface area contributed by atoms with Gasteiger partial charge in [0.2, 0.25) is 6.43 Å². The number of hydrogen-bond donors (Lipinski definition) is 0. The predicted octanol–water partition coefficient (Wildman–Crippen LogP) is 3.86. The van der Waals surface area contributed by atoms with Crippen LogP contribution >= 0.6 is 0 Å². The van der Waals surface area contributed by atoms with Crippen molar-refractivity contribution in [3.05, 3.63) is 29.8 Å². The molecule has 2 rings (SSSR count). The lowest BCUT2D eigenvalue weighted by atomic mass is 9.85. The zero-order valence-corrected chi connectivity index (χ0v) is 11.1. The van der Waals surface area contributed by atoms with Gasteiger partial charge in [-0.1, -0.05) is 12.1 Å². The Labute approximate surface area is 112 Å². The Hall–Kier alpha value is -1.16. The van der Waals surface area contributed by atoms with E-state index in [1.807, 2.05) is 0 Å². The van der Waals surface area contributed by atoms with Gasteiger partial charge in [0, 0.05) is 19.1 Å². The average Bonchev–Trinajstić information content (AvgIpc) is 2.45.